The van der Waals surface area contributed by atoms with Crippen molar-refractivity contribution in [2.75, 3.05) is 0 Å². The Bertz CT molecular complexity index is 204. The van der Waals surface area contributed by atoms with Gasteiger partial charge < -0.3 is 0 Å². The summed E-state index contributed by atoms with van der Waals surface area (Å²) in [6.07, 6.45) is 2.91. The van der Waals surface area contributed by atoms with E-state index in [2.05, 4.69) is 34.6 Å². The predicted molar refractivity (Wildman–Crippen MR) is 57.5 cm³/mol. The molecule has 0 spiro atoms. The van der Waals surface area contributed by atoms with Gasteiger partial charge in [-0.05, 0) is 41.4 Å². The molecule has 0 bridgehead atoms. The summed E-state index contributed by atoms with van der Waals surface area (Å²) in [4.78, 5) is 0. The summed E-state index contributed by atoms with van der Waals surface area (Å²) < 4.78 is 0. The molecule has 0 nitrogen and oxygen atoms in total. The summed E-state index contributed by atoms with van der Waals surface area (Å²) in [5.74, 6) is 5.09. The van der Waals surface area contributed by atoms with Crippen LogP contribution in [0.3, 0.4) is 0 Å². The van der Waals surface area contributed by atoms with Crippen molar-refractivity contribution in [3.8, 4) is 0 Å². The zero-order valence-corrected chi connectivity index (χ0v) is 9.80. The van der Waals surface area contributed by atoms with Crippen molar-refractivity contribution in [3.63, 3.8) is 0 Å². The topological polar surface area (TPSA) is 0 Å². The molecule has 2 rings (SSSR count). The minimum absolute atomic E-state index is 0.635. The van der Waals surface area contributed by atoms with Gasteiger partial charge in [0.05, 0.1) is 0 Å². The molecule has 0 aromatic rings. The van der Waals surface area contributed by atoms with Crippen LogP contribution in [-0.4, -0.2) is 0 Å². The Kier molecular flexibility index (Phi) is 2.02. The Hall–Kier alpha value is 0. The van der Waals surface area contributed by atoms with Gasteiger partial charge in [0.15, 0.2) is 0 Å². The van der Waals surface area contributed by atoms with Crippen LogP contribution >= 0.6 is 0 Å². The van der Waals surface area contributed by atoms with Crippen LogP contribution in [0.2, 0.25) is 0 Å². The van der Waals surface area contributed by atoms with Gasteiger partial charge in [-0.2, -0.15) is 0 Å². The predicted octanol–water partition coefficient (Wildman–Crippen LogP) is 3.96. The Labute approximate surface area is 83.1 Å². The van der Waals surface area contributed by atoms with E-state index in [1.54, 1.807) is 0 Å². The molecule has 76 valence electrons. The van der Waals surface area contributed by atoms with E-state index in [9.17, 15) is 0 Å². The fourth-order valence-corrected chi connectivity index (χ4v) is 4.43. The van der Waals surface area contributed by atoms with Gasteiger partial charge >= 0.3 is 0 Å². The molecule has 0 aromatic heterocycles. The lowest BCUT2D eigenvalue weighted by atomic mass is 9.48. The Morgan fingerprint density at radius 3 is 2.38 bits per heavy atom. The summed E-state index contributed by atoms with van der Waals surface area (Å²) in [5.41, 5.74) is 0.635. The van der Waals surface area contributed by atoms with Crippen molar-refractivity contribution in [3.05, 3.63) is 0 Å². The van der Waals surface area contributed by atoms with E-state index in [-0.39, 0.29) is 0 Å². The van der Waals surface area contributed by atoms with Crippen LogP contribution in [0.25, 0.3) is 0 Å². The van der Waals surface area contributed by atoms with Gasteiger partial charge in [0.25, 0.3) is 0 Å². The molecule has 2 aliphatic carbocycles. The first kappa shape index (κ1) is 9.55. The van der Waals surface area contributed by atoms with Crippen LogP contribution in [-0.2, 0) is 0 Å². The molecule has 2 fully saturated rings. The van der Waals surface area contributed by atoms with Gasteiger partial charge in [-0.15, -0.1) is 0 Å². The minimum Gasteiger partial charge on any atom is -0.0651 e. The summed E-state index contributed by atoms with van der Waals surface area (Å²) in [6.45, 7) is 12.3. The van der Waals surface area contributed by atoms with Crippen LogP contribution < -0.4 is 0 Å². The van der Waals surface area contributed by atoms with Gasteiger partial charge in [0.1, 0.15) is 0 Å². The number of fused-ring (bicyclic) bond motifs is 1. The Morgan fingerprint density at radius 2 is 1.85 bits per heavy atom. The monoisotopic (exact) mass is 180 g/mol. The van der Waals surface area contributed by atoms with Gasteiger partial charge in [-0.1, -0.05) is 41.0 Å². The first-order chi connectivity index (χ1) is 6.00. The summed E-state index contributed by atoms with van der Waals surface area (Å²) in [7, 11) is 0. The maximum Gasteiger partial charge on any atom is -0.0292 e. The molecule has 2 aliphatic rings. The maximum atomic E-state index is 2.49. The average molecular weight is 180 g/mol. The molecule has 5 unspecified atom stereocenters. The van der Waals surface area contributed by atoms with Crippen LogP contribution in [0, 0.1) is 35.0 Å². The summed E-state index contributed by atoms with van der Waals surface area (Å²) in [6, 6.07) is 0. The zero-order valence-electron chi connectivity index (χ0n) is 9.80. The second-order valence-corrected chi connectivity index (χ2v) is 6.08. The summed E-state index contributed by atoms with van der Waals surface area (Å²) in [5, 5.41) is 0. The normalized spacial score (nSPS) is 52.8. The van der Waals surface area contributed by atoms with Gasteiger partial charge in [0, 0.05) is 0 Å². The van der Waals surface area contributed by atoms with E-state index < -0.39 is 0 Å². The highest BCUT2D eigenvalue weighted by atomic mass is 14.6. The van der Waals surface area contributed by atoms with Crippen molar-refractivity contribution in [2.45, 2.75) is 47.5 Å². The van der Waals surface area contributed by atoms with Crippen molar-refractivity contribution in [2.24, 2.45) is 35.0 Å². The number of hydrogen-bond donors (Lipinski definition) is 0. The lowest BCUT2D eigenvalue weighted by Crippen LogP contribution is -2.51. The van der Waals surface area contributed by atoms with Crippen molar-refractivity contribution in [1.29, 1.82) is 0 Å². The molecule has 0 aliphatic heterocycles. The molecule has 13 heavy (non-hydrogen) atoms. The van der Waals surface area contributed by atoms with Gasteiger partial charge in [-0.25, -0.2) is 0 Å². The van der Waals surface area contributed by atoms with Crippen LogP contribution in [0.5, 0.6) is 0 Å². The second kappa shape index (κ2) is 2.74. The standard InChI is InChI=1S/C13H24/c1-6-10-8(2)7-11-9(3)13(4,5)12(10)11/h8-12H,6-7H2,1-5H3. The third kappa shape index (κ3) is 1.04. The van der Waals surface area contributed by atoms with E-state index >= 15 is 0 Å². The molecule has 0 aromatic carbocycles. The quantitative estimate of drug-likeness (QED) is 0.573. The molecule has 0 amide bonds. The lowest BCUT2D eigenvalue weighted by molar-refractivity contribution is -0.0876. The average Bonchev–Trinajstić information content (AvgIpc) is 2.40. The van der Waals surface area contributed by atoms with Crippen molar-refractivity contribution in [1.82, 2.24) is 0 Å². The highest BCUT2D eigenvalue weighted by Gasteiger charge is 2.60. The van der Waals surface area contributed by atoms with E-state index in [0.717, 1.165) is 29.6 Å². The van der Waals surface area contributed by atoms with Crippen LogP contribution in [0.4, 0.5) is 0 Å². The number of rotatable bonds is 1. The Balaban J connectivity index is 2.19. The van der Waals surface area contributed by atoms with Crippen LogP contribution in [0.1, 0.15) is 47.5 Å². The molecule has 0 heterocycles. The maximum absolute atomic E-state index is 2.49. The molecule has 0 saturated heterocycles. The molecular formula is C13H24. The third-order valence-corrected chi connectivity index (χ3v) is 5.44. The first-order valence-corrected chi connectivity index (χ1v) is 6.00. The van der Waals surface area contributed by atoms with E-state index in [1.165, 1.54) is 12.8 Å². The SMILES string of the molecule is CCC1C(C)CC2C(C)C(C)(C)C12. The molecular weight excluding hydrogens is 156 g/mol. The third-order valence-electron chi connectivity index (χ3n) is 5.44. The fraction of sp³-hybridized carbons (Fsp3) is 1.00. The van der Waals surface area contributed by atoms with Crippen molar-refractivity contribution < 1.29 is 0 Å². The van der Waals surface area contributed by atoms with E-state index in [1.807, 2.05) is 0 Å². The largest absolute Gasteiger partial charge is 0.0651 e. The molecule has 0 N–H and O–H groups in total. The first-order valence-electron chi connectivity index (χ1n) is 6.00. The smallest absolute Gasteiger partial charge is 0.0292 e. The molecule has 0 radical (unpaired) electrons. The fourth-order valence-electron chi connectivity index (χ4n) is 4.43. The number of hydrogen-bond acceptors (Lipinski definition) is 0. The van der Waals surface area contributed by atoms with E-state index in [0.29, 0.717) is 5.41 Å². The second-order valence-electron chi connectivity index (χ2n) is 6.08. The molecule has 5 atom stereocenters. The highest BCUT2D eigenvalue weighted by Crippen LogP contribution is 2.66. The highest BCUT2D eigenvalue weighted by molar-refractivity contribution is 5.08. The lowest BCUT2D eigenvalue weighted by Gasteiger charge is -2.57. The van der Waals surface area contributed by atoms with Gasteiger partial charge in [0.2, 0.25) is 0 Å². The van der Waals surface area contributed by atoms with Crippen LogP contribution in [0.15, 0.2) is 0 Å². The molecule has 2 saturated carbocycles. The van der Waals surface area contributed by atoms with Crippen molar-refractivity contribution >= 4 is 0 Å². The zero-order chi connectivity index (χ0) is 9.80. The minimum atomic E-state index is 0.635. The summed E-state index contributed by atoms with van der Waals surface area (Å²) >= 11 is 0. The Morgan fingerprint density at radius 1 is 1.23 bits per heavy atom. The molecule has 0 heteroatoms. The van der Waals surface area contributed by atoms with Gasteiger partial charge in [-0.3, -0.25) is 0 Å². The van der Waals surface area contributed by atoms with E-state index in [4.69, 9.17) is 0 Å².